The Bertz CT molecular complexity index is 1110. The summed E-state index contributed by atoms with van der Waals surface area (Å²) in [5, 5.41) is 2.81. The van der Waals surface area contributed by atoms with Crippen molar-refractivity contribution >= 4 is 29.6 Å². The van der Waals surface area contributed by atoms with E-state index in [4.69, 9.17) is 4.74 Å². The molecule has 0 saturated heterocycles. The molecule has 1 heterocycles. The van der Waals surface area contributed by atoms with Gasteiger partial charge in [0.1, 0.15) is 6.04 Å². The predicted molar refractivity (Wildman–Crippen MR) is 129 cm³/mol. The first kappa shape index (κ1) is 23.7. The molecule has 170 valence electrons. The van der Waals surface area contributed by atoms with E-state index < -0.39 is 12.0 Å². The number of methoxy groups -OCH3 is 1. The van der Waals surface area contributed by atoms with E-state index in [9.17, 15) is 9.59 Å². The van der Waals surface area contributed by atoms with E-state index >= 15 is 0 Å². The van der Waals surface area contributed by atoms with Crippen LogP contribution < -0.4 is 10.2 Å². The number of amides is 1. The highest BCUT2D eigenvalue weighted by molar-refractivity contribution is 5.99. The third-order valence-corrected chi connectivity index (χ3v) is 5.31. The van der Waals surface area contributed by atoms with Crippen LogP contribution in [0.15, 0.2) is 67.0 Å². The molecule has 1 aromatic heterocycles. The van der Waals surface area contributed by atoms with Gasteiger partial charge in [-0.1, -0.05) is 42.5 Å². The van der Waals surface area contributed by atoms with Crippen molar-refractivity contribution in [1.82, 2.24) is 15.3 Å². The molecule has 0 spiro atoms. The molecule has 7 nitrogen and oxygen atoms in total. The maximum Gasteiger partial charge on any atom is 0.328 e. The number of ether oxygens (including phenoxy) is 1. The lowest BCUT2D eigenvalue weighted by molar-refractivity contribution is -0.142. The van der Waals surface area contributed by atoms with Crippen molar-refractivity contribution in [3.63, 3.8) is 0 Å². The van der Waals surface area contributed by atoms with Crippen LogP contribution in [0, 0.1) is 13.8 Å². The molecule has 7 heteroatoms. The average Bonchev–Trinajstić information content (AvgIpc) is 2.83. The van der Waals surface area contributed by atoms with E-state index in [2.05, 4.69) is 15.3 Å². The third kappa shape index (κ3) is 6.04. The Hall–Kier alpha value is -4.00. The van der Waals surface area contributed by atoms with Gasteiger partial charge in [-0.3, -0.25) is 4.79 Å². The Labute approximate surface area is 194 Å². The molecule has 33 heavy (non-hydrogen) atoms. The number of nitrogens with one attached hydrogen (secondary N) is 1. The number of nitrogens with zero attached hydrogens (tertiary/aromatic N) is 3. The molecule has 1 atom stereocenters. The molecule has 0 bridgehead atoms. The molecular weight excluding hydrogens is 416 g/mol. The van der Waals surface area contributed by atoms with E-state index in [1.807, 2.05) is 80.4 Å². The first-order valence-electron chi connectivity index (χ1n) is 10.6. The van der Waals surface area contributed by atoms with Crippen LogP contribution in [0.4, 0.5) is 11.6 Å². The van der Waals surface area contributed by atoms with Gasteiger partial charge in [-0.15, -0.1) is 0 Å². The largest absolute Gasteiger partial charge is 0.467 e. The zero-order chi connectivity index (χ0) is 23.8. The second-order valence-electron chi connectivity index (χ2n) is 7.65. The van der Waals surface area contributed by atoms with E-state index in [-0.39, 0.29) is 5.91 Å². The fourth-order valence-electron chi connectivity index (χ4n) is 3.49. The van der Waals surface area contributed by atoms with Crippen LogP contribution in [-0.4, -0.2) is 42.0 Å². The normalized spacial score (nSPS) is 11.8. The third-order valence-electron chi connectivity index (χ3n) is 5.31. The number of hydrogen-bond donors (Lipinski definition) is 1. The van der Waals surface area contributed by atoms with Crippen LogP contribution in [-0.2, 0) is 9.53 Å². The van der Waals surface area contributed by atoms with Gasteiger partial charge in [0.15, 0.2) is 0 Å². The predicted octanol–water partition coefficient (Wildman–Crippen LogP) is 4.24. The number of aryl methyl sites for hydroxylation is 2. The Morgan fingerprint density at radius 3 is 2.27 bits per heavy atom. The molecule has 2 aromatic carbocycles. The van der Waals surface area contributed by atoms with Crippen molar-refractivity contribution < 1.29 is 14.3 Å². The lowest BCUT2D eigenvalue weighted by Gasteiger charge is -2.17. The van der Waals surface area contributed by atoms with E-state index in [0.29, 0.717) is 17.9 Å². The molecule has 1 amide bonds. The Balaban J connectivity index is 1.66. The van der Waals surface area contributed by atoms with Gasteiger partial charge < -0.3 is 15.0 Å². The fourth-order valence-corrected chi connectivity index (χ4v) is 3.49. The van der Waals surface area contributed by atoms with Crippen molar-refractivity contribution in [3.8, 4) is 0 Å². The van der Waals surface area contributed by atoms with Gasteiger partial charge in [0, 0.05) is 30.7 Å². The average molecular weight is 445 g/mol. The highest BCUT2D eigenvalue weighted by Gasteiger charge is 2.22. The summed E-state index contributed by atoms with van der Waals surface area (Å²) in [7, 11) is 3.22. The fraction of sp³-hybridized carbons (Fsp3) is 0.231. The lowest BCUT2D eigenvalue weighted by Crippen LogP contribution is -2.41. The minimum atomic E-state index is -0.779. The van der Waals surface area contributed by atoms with Crippen molar-refractivity contribution in [2.75, 3.05) is 19.1 Å². The van der Waals surface area contributed by atoms with Crippen molar-refractivity contribution in [2.24, 2.45) is 0 Å². The van der Waals surface area contributed by atoms with Gasteiger partial charge in [-0.05, 0) is 55.2 Å². The van der Waals surface area contributed by atoms with Gasteiger partial charge in [0.2, 0.25) is 5.95 Å². The van der Waals surface area contributed by atoms with E-state index in [1.165, 1.54) is 7.11 Å². The van der Waals surface area contributed by atoms with Crippen molar-refractivity contribution in [1.29, 1.82) is 0 Å². The van der Waals surface area contributed by atoms with Gasteiger partial charge in [-0.2, -0.15) is 0 Å². The van der Waals surface area contributed by atoms with Crippen molar-refractivity contribution in [2.45, 2.75) is 26.3 Å². The molecule has 0 aliphatic heterocycles. The van der Waals surface area contributed by atoms with E-state index in [0.717, 1.165) is 22.4 Å². The number of rotatable bonds is 8. The highest BCUT2D eigenvalue weighted by atomic mass is 16.5. The van der Waals surface area contributed by atoms with E-state index in [1.54, 1.807) is 18.5 Å². The summed E-state index contributed by atoms with van der Waals surface area (Å²) in [5.41, 5.74) is 4.21. The minimum absolute atomic E-state index is 0.287. The van der Waals surface area contributed by atoms with Gasteiger partial charge in [-0.25, -0.2) is 14.8 Å². The van der Waals surface area contributed by atoms with Gasteiger partial charge >= 0.3 is 5.97 Å². The molecular formula is C26H28N4O3. The molecule has 0 aliphatic rings. The molecule has 0 aliphatic carbocycles. The number of esters is 1. The zero-order valence-corrected chi connectivity index (χ0v) is 19.3. The van der Waals surface area contributed by atoms with Gasteiger partial charge in [0.25, 0.3) is 5.91 Å². The molecule has 1 N–H and O–H groups in total. The molecule has 0 radical (unpaired) electrons. The zero-order valence-electron chi connectivity index (χ0n) is 19.3. The Morgan fingerprint density at radius 2 is 1.67 bits per heavy atom. The summed E-state index contributed by atoms with van der Waals surface area (Å²) in [4.78, 5) is 35.5. The quantitative estimate of drug-likeness (QED) is 0.523. The number of hydrogen-bond acceptors (Lipinski definition) is 6. The van der Waals surface area contributed by atoms with Gasteiger partial charge in [0.05, 0.1) is 7.11 Å². The number of benzene rings is 2. The lowest BCUT2D eigenvalue weighted by atomic mass is 10.0. The summed E-state index contributed by atoms with van der Waals surface area (Å²) < 4.78 is 4.89. The molecule has 0 fully saturated rings. The van der Waals surface area contributed by atoms with Crippen LogP contribution in [0.1, 0.15) is 33.5 Å². The van der Waals surface area contributed by atoms with Crippen LogP contribution in [0.25, 0.3) is 6.08 Å². The van der Waals surface area contributed by atoms with Crippen LogP contribution in [0.2, 0.25) is 0 Å². The Kier molecular flexibility index (Phi) is 7.91. The maximum absolute atomic E-state index is 12.8. The number of anilines is 2. The van der Waals surface area contributed by atoms with Crippen molar-refractivity contribution in [3.05, 3.63) is 89.3 Å². The number of aromatic nitrogens is 2. The SMILES string of the molecule is COC(=O)C(C/C=C/c1ccc(N(C)c2ncccn2)cc1)NC(=O)c1c(C)cccc1C. The minimum Gasteiger partial charge on any atom is -0.467 e. The molecule has 1 unspecified atom stereocenters. The van der Waals surface area contributed by atoms with Crippen LogP contribution in [0.3, 0.4) is 0 Å². The monoisotopic (exact) mass is 444 g/mol. The summed E-state index contributed by atoms with van der Waals surface area (Å²) >= 11 is 0. The first-order valence-corrected chi connectivity index (χ1v) is 10.6. The Morgan fingerprint density at radius 1 is 1.03 bits per heavy atom. The summed E-state index contributed by atoms with van der Waals surface area (Å²) in [5.74, 6) is -0.162. The second kappa shape index (κ2) is 11.0. The molecule has 3 aromatic rings. The molecule has 0 saturated carbocycles. The number of carbonyl (C=O) groups excluding carboxylic acids is 2. The van der Waals surface area contributed by atoms with Crippen LogP contribution in [0.5, 0.6) is 0 Å². The standard InChI is InChI=1S/C26H28N4O3/c1-18-8-5-9-19(2)23(18)24(31)29-22(25(32)33-4)11-6-10-20-12-14-21(15-13-20)30(3)26-27-16-7-17-28-26/h5-10,12-17,22H,11H2,1-4H3,(H,29,31)/b10-6+. The maximum atomic E-state index is 12.8. The summed E-state index contributed by atoms with van der Waals surface area (Å²) in [6, 6.07) is 14.5. The second-order valence-corrected chi connectivity index (χ2v) is 7.65. The highest BCUT2D eigenvalue weighted by Crippen LogP contribution is 2.20. The smallest absolute Gasteiger partial charge is 0.328 e. The topological polar surface area (TPSA) is 84.4 Å². The summed E-state index contributed by atoms with van der Waals surface area (Å²) in [6.07, 6.45) is 7.47. The molecule has 3 rings (SSSR count). The first-order chi connectivity index (χ1) is 15.9. The van der Waals surface area contributed by atoms with Crippen LogP contribution >= 0.6 is 0 Å². The summed E-state index contributed by atoms with van der Waals surface area (Å²) in [6.45, 7) is 3.75. The number of carbonyl (C=O) groups is 2.